The van der Waals surface area contributed by atoms with E-state index >= 15 is 0 Å². The number of urea groups is 1. The number of hydrogen-bond donors (Lipinski definition) is 2. The zero-order chi connectivity index (χ0) is 14.6. The fraction of sp³-hybridized carbons (Fsp3) is 0.933. The molecule has 0 spiro atoms. The maximum Gasteiger partial charge on any atom is 0.318 e. The summed E-state index contributed by atoms with van der Waals surface area (Å²) in [7, 11) is 0. The van der Waals surface area contributed by atoms with Gasteiger partial charge in [0, 0.05) is 19.7 Å². The van der Waals surface area contributed by atoms with Crippen LogP contribution in [0, 0.1) is 5.92 Å². The van der Waals surface area contributed by atoms with Gasteiger partial charge in [0.05, 0.1) is 18.2 Å². The van der Waals surface area contributed by atoms with E-state index in [1.54, 1.807) is 0 Å². The Morgan fingerprint density at radius 1 is 1.40 bits per heavy atom. The van der Waals surface area contributed by atoms with Crippen LogP contribution in [0.4, 0.5) is 4.79 Å². The van der Waals surface area contributed by atoms with Crippen LogP contribution in [0.1, 0.15) is 46.0 Å². The number of amides is 2. The summed E-state index contributed by atoms with van der Waals surface area (Å²) in [6, 6.07) is 0.192. The zero-order valence-electron chi connectivity index (χ0n) is 12.9. The molecule has 1 atom stereocenters. The minimum absolute atomic E-state index is 0.0306. The van der Waals surface area contributed by atoms with Crippen LogP contribution in [0.5, 0.6) is 0 Å². The lowest BCUT2D eigenvalue weighted by Crippen LogP contribution is -2.61. The first kappa shape index (κ1) is 15.6. The number of nitrogens with zero attached hydrogens (tertiary/aromatic N) is 1. The Hall–Kier alpha value is -0.810. The molecule has 1 saturated heterocycles. The Morgan fingerprint density at radius 3 is 2.60 bits per heavy atom. The van der Waals surface area contributed by atoms with E-state index in [9.17, 15) is 4.79 Å². The van der Waals surface area contributed by atoms with Crippen LogP contribution in [0.3, 0.4) is 0 Å². The summed E-state index contributed by atoms with van der Waals surface area (Å²) in [5.74, 6) is 0.750. The van der Waals surface area contributed by atoms with Gasteiger partial charge in [0.2, 0.25) is 0 Å². The van der Waals surface area contributed by atoms with Crippen molar-refractivity contribution in [3.8, 4) is 0 Å². The first-order chi connectivity index (χ1) is 9.61. The molecule has 0 radical (unpaired) electrons. The highest BCUT2D eigenvalue weighted by atomic mass is 16.5. The van der Waals surface area contributed by atoms with Gasteiger partial charge in [-0.25, -0.2) is 4.79 Å². The first-order valence-electron chi connectivity index (χ1n) is 7.97. The van der Waals surface area contributed by atoms with Gasteiger partial charge in [0.25, 0.3) is 0 Å². The number of likely N-dealkylation sites (N-methyl/N-ethyl adjacent to an activating group) is 1. The third-order valence-electron chi connectivity index (χ3n) is 4.98. The van der Waals surface area contributed by atoms with Crippen molar-refractivity contribution < 1.29 is 9.53 Å². The van der Waals surface area contributed by atoms with Gasteiger partial charge in [-0.3, -0.25) is 0 Å². The molecule has 2 aliphatic rings. The monoisotopic (exact) mass is 283 g/mol. The van der Waals surface area contributed by atoms with Gasteiger partial charge in [0.15, 0.2) is 0 Å². The third kappa shape index (κ3) is 3.26. The molecule has 2 rings (SSSR count). The Bertz CT molecular complexity index is 321. The predicted molar refractivity (Wildman–Crippen MR) is 79.6 cm³/mol. The summed E-state index contributed by atoms with van der Waals surface area (Å²) in [5.41, 5.74) is 5.91. The van der Waals surface area contributed by atoms with Crippen LogP contribution in [-0.2, 0) is 4.74 Å². The lowest BCUT2D eigenvalue weighted by atomic mass is 9.76. The van der Waals surface area contributed by atoms with Gasteiger partial charge in [-0.2, -0.15) is 0 Å². The lowest BCUT2D eigenvalue weighted by molar-refractivity contribution is 0.0730. The number of ether oxygens (including phenoxy) is 1. The summed E-state index contributed by atoms with van der Waals surface area (Å²) >= 11 is 0. The van der Waals surface area contributed by atoms with Gasteiger partial charge in [0.1, 0.15) is 0 Å². The van der Waals surface area contributed by atoms with Crippen LogP contribution in [0.2, 0.25) is 0 Å². The fourth-order valence-electron chi connectivity index (χ4n) is 3.48. The normalized spacial score (nSPS) is 34.0. The number of carbonyl (C=O) groups excluding carboxylic acids is 1. The molecule has 5 heteroatoms. The molecule has 116 valence electrons. The van der Waals surface area contributed by atoms with E-state index in [2.05, 4.69) is 12.2 Å². The van der Waals surface area contributed by atoms with Crippen molar-refractivity contribution in [1.82, 2.24) is 10.2 Å². The Morgan fingerprint density at radius 2 is 2.10 bits per heavy atom. The van der Waals surface area contributed by atoms with E-state index in [0.29, 0.717) is 19.7 Å². The number of hydrogen-bond acceptors (Lipinski definition) is 3. The number of carbonyl (C=O) groups is 1. The zero-order valence-corrected chi connectivity index (χ0v) is 12.9. The van der Waals surface area contributed by atoms with E-state index in [-0.39, 0.29) is 17.6 Å². The highest BCUT2D eigenvalue weighted by Crippen LogP contribution is 2.35. The molecular formula is C15H29N3O2. The average Bonchev–Trinajstić information content (AvgIpc) is 2.95. The fourth-order valence-corrected chi connectivity index (χ4v) is 3.48. The maximum atomic E-state index is 12.6. The van der Waals surface area contributed by atoms with Crippen LogP contribution in [0.25, 0.3) is 0 Å². The third-order valence-corrected chi connectivity index (χ3v) is 4.98. The van der Waals surface area contributed by atoms with E-state index in [1.165, 1.54) is 0 Å². The Balaban J connectivity index is 2.02. The van der Waals surface area contributed by atoms with Crippen LogP contribution >= 0.6 is 0 Å². The molecule has 1 heterocycles. The van der Waals surface area contributed by atoms with E-state index < -0.39 is 0 Å². The topological polar surface area (TPSA) is 67.6 Å². The predicted octanol–water partition coefficient (Wildman–Crippen LogP) is 1.71. The summed E-state index contributed by atoms with van der Waals surface area (Å²) < 4.78 is 5.32. The second-order valence-electron chi connectivity index (χ2n) is 6.37. The molecule has 0 aromatic heterocycles. The quantitative estimate of drug-likeness (QED) is 0.825. The van der Waals surface area contributed by atoms with Gasteiger partial charge >= 0.3 is 6.03 Å². The summed E-state index contributed by atoms with van der Waals surface area (Å²) in [6.45, 7) is 6.98. The SMILES string of the molecule is CCN(C(=O)NC1CCOC1)C1(CN)CCC(C)CC1. The smallest absolute Gasteiger partial charge is 0.318 e. The number of nitrogens with two attached hydrogens (primary N) is 1. The Kier molecular flexibility index (Phi) is 5.27. The average molecular weight is 283 g/mol. The van der Waals surface area contributed by atoms with E-state index in [1.807, 2.05) is 11.8 Å². The van der Waals surface area contributed by atoms with Gasteiger partial charge in [-0.05, 0) is 44.9 Å². The molecule has 3 N–H and O–H groups in total. The van der Waals surface area contributed by atoms with Crippen molar-refractivity contribution in [2.24, 2.45) is 11.7 Å². The lowest BCUT2D eigenvalue weighted by Gasteiger charge is -2.47. The molecule has 0 aromatic carbocycles. The largest absolute Gasteiger partial charge is 0.379 e. The highest BCUT2D eigenvalue weighted by Gasteiger charge is 2.40. The number of rotatable bonds is 4. The molecule has 0 aromatic rings. The molecule has 1 aliphatic carbocycles. The molecule has 2 amide bonds. The molecule has 20 heavy (non-hydrogen) atoms. The van der Waals surface area contributed by atoms with Crippen LogP contribution in [-0.4, -0.2) is 48.8 Å². The molecular weight excluding hydrogens is 254 g/mol. The van der Waals surface area contributed by atoms with Crippen molar-refractivity contribution in [2.45, 2.75) is 57.5 Å². The first-order valence-corrected chi connectivity index (χ1v) is 7.97. The summed E-state index contributed by atoms with van der Waals surface area (Å²) in [5, 5.41) is 3.10. The molecule has 2 fully saturated rings. The molecule has 0 bridgehead atoms. The summed E-state index contributed by atoms with van der Waals surface area (Å²) in [6.07, 6.45) is 5.27. The van der Waals surface area contributed by atoms with E-state index in [0.717, 1.165) is 44.6 Å². The van der Waals surface area contributed by atoms with Crippen molar-refractivity contribution in [3.05, 3.63) is 0 Å². The van der Waals surface area contributed by atoms with Gasteiger partial charge < -0.3 is 20.7 Å². The molecule has 5 nitrogen and oxygen atoms in total. The molecule has 1 unspecified atom stereocenters. The second-order valence-corrected chi connectivity index (χ2v) is 6.37. The van der Waals surface area contributed by atoms with Crippen molar-refractivity contribution in [2.75, 3.05) is 26.3 Å². The molecule has 1 saturated carbocycles. The molecule has 1 aliphatic heterocycles. The highest BCUT2D eigenvalue weighted by molar-refractivity contribution is 5.75. The minimum Gasteiger partial charge on any atom is -0.379 e. The van der Waals surface area contributed by atoms with E-state index in [4.69, 9.17) is 10.5 Å². The van der Waals surface area contributed by atoms with Crippen molar-refractivity contribution in [1.29, 1.82) is 0 Å². The minimum atomic E-state index is -0.148. The van der Waals surface area contributed by atoms with Crippen LogP contribution in [0.15, 0.2) is 0 Å². The Labute approximate surface area is 122 Å². The van der Waals surface area contributed by atoms with Gasteiger partial charge in [-0.15, -0.1) is 0 Å². The van der Waals surface area contributed by atoms with Gasteiger partial charge in [-0.1, -0.05) is 6.92 Å². The van der Waals surface area contributed by atoms with Crippen molar-refractivity contribution in [3.63, 3.8) is 0 Å². The standard InChI is InChI=1S/C15H29N3O2/c1-3-18(14(19)17-13-6-9-20-10-13)15(11-16)7-4-12(2)5-8-15/h12-13H,3-11,16H2,1-2H3,(H,17,19). The second kappa shape index (κ2) is 6.76. The summed E-state index contributed by atoms with van der Waals surface area (Å²) in [4.78, 5) is 14.5. The number of nitrogens with one attached hydrogen (secondary N) is 1. The maximum absolute atomic E-state index is 12.6. The van der Waals surface area contributed by atoms with Crippen molar-refractivity contribution >= 4 is 6.03 Å². The van der Waals surface area contributed by atoms with Crippen LogP contribution < -0.4 is 11.1 Å².